The zero-order chi connectivity index (χ0) is 37.5. The van der Waals surface area contributed by atoms with Crippen molar-refractivity contribution in [2.45, 2.75) is 84.2 Å². The van der Waals surface area contributed by atoms with Gasteiger partial charge < -0.3 is 25.0 Å². The molecule has 0 bridgehead atoms. The van der Waals surface area contributed by atoms with E-state index in [-0.39, 0.29) is 50.7 Å². The second kappa shape index (κ2) is 16.2. The molecule has 0 unspecified atom stereocenters. The largest absolute Gasteiger partial charge is 0.493 e. The molecule has 2 atom stereocenters. The number of hydrogen-bond donors (Lipinski definition) is 0. The van der Waals surface area contributed by atoms with Gasteiger partial charge in [-0.2, -0.15) is 20.3 Å². The van der Waals surface area contributed by atoms with Crippen molar-refractivity contribution >= 4 is 40.9 Å². The predicted molar refractivity (Wildman–Crippen MR) is 210 cm³/mol. The summed E-state index contributed by atoms with van der Waals surface area (Å²) in [6.07, 6.45) is 7.45. The number of hydrogen-bond acceptors (Lipinski definition) is 7. The average Bonchev–Trinajstić information content (AvgIpc) is 3.65. The number of amides is 2. The monoisotopic (exact) mass is 908 g/mol. The van der Waals surface area contributed by atoms with Crippen molar-refractivity contribution in [2.24, 2.45) is 4.99 Å². The maximum Gasteiger partial charge on any atom is 0.261 e. The zero-order valence-corrected chi connectivity index (χ0v) is 34.8. The molecule has 284 valence electrons. The Morgan fingerprint density at radius 2 is 1.60 bits per heavy atom. The number of para-hydroxylation sites is 1. The number of ether oxygens (including phenoxy) is 3. The number of Topliss-reactive ketones (excluding diaryl/α,β-unsaturated/α-hetero) is 1. The molecule has 4 heterocycles. The van der Waals surface area contributed by atoms with Crippen molar-refractivity contribution in [3.05, 3.63) is 112 Å². The standard InChI is InChI=1S/C45H46N3O6.W/c1-27(2)10-14-35(49)20-29-11-15-40-32(19-29)22-34-26-46-38-25-41(28(3)18-37(38)45(51)48(34)40)53-16-7-17-54-43-23-30-12-13-33-21-31-8-5-6-9-39(31)47(33)44(50)36(30)24-42(43)52-4;/h5-6,8-9,11,15,18-19,23-26,33-34H,7,10,12-14,16-17,20-22H2,1-4H3;/q-1;/t33-,34+;/m1./s1. The number of carbonyl (C=O) groups is 3. The Morgan fingerprint density at radius 1 is 0.836 bits per heavy atom. The molecule has 0 aromatic heterocycles. The van der Waals surface area contributed by atoms with Crippen molar-refractivity contribution in [3.63, 3.8) is 0 Å². The minimum Gasteiger partial charge on any atom is -0.493 e. The number of aryl methyl sites for hydroxylation is 2. The van der Waals surface area contributed by atoms with E-state index < -0.39 is 0 Å². The van der Waals surface area contributed by atoms with Gasteiger partial charge in [0.1, 0.15) is 11.5 Å². The Balaban J connectivity index is 0.00000465. The molecular formula is C45H46N3O6W-. The van der Waals surface area contributed by atoms with Crippen LogP contribution in [0.15, 0.2) is 71.7 Å². The first-order valence-corrected chi connectivity index (χ1v) is 19.0. The summed E-state index contributed by atoms with van der Waals surface area (Å²) in [7, 11) is 1.60. The van der Waals surface area contributed by atoms with Crippen molar-refractivity contribution < 1.29 is 49.7 Å². The van der Waals surface area contributed by atoms with Crippen LogP contribution in [0.5, 0.6) is 17.2 Å². The Hall–Kier alpha value is -4.75. The summed E-state index contributed by atoms with van der Waals surface area (Å²) in [5.41, 5.74) is 8.78. The first-order valence-electron chi connectivity index (χ1n) is 19.0. The number of methoxy groups -OCH3 is 1. The van der Waals surface area contributed by atoms with Gasteiger partial charge in [0.15, 0.2) is 11.5 Å². The van der Waals surface area contributed by atoms with Crippen molar-refractivity contribution in [3.8, 4) is 17.2 Å². The Kier molecular flexibility index (Phi) is 11.3. The van der Waals surface area contributed by atoms with Gasteiger partial charge in [0.05, 0.1) is 37.6 Å². The minimum absolute atomic E-state index is 0. The third kappa shape index (κ3) is 7.60. The Labute approximate surface area is 337 Å². The van der Waals surface area contributed by atoms with E-state index in [9.17, 15) is 14.4 Å². The summed E-state index contributed by atoms with van der Waals surface area (Å²) in [5, 5.41) is 0. The molecule has 10 heteroatoms. The van der Waals surface area contributed by atoms with E-state index in [1.165, 1.54) is 11.5 Å². The van der Waals surface area contributed by atoms with Crippen LogP contribution in [0.1, 0.15) is 88.1 Å². The first kappa shape index (κ1) is 38.5. The van der Waals surface area contributed by atoms with Crippen LogP contribution in [-0.4, -0.2) is 56.2 Å². The van der Waals surface area contributed by atoms with Gasteiger partial charge in [-0.1, -0.05) is 30.3 Å². The summed E-state index contributed by atoms with van der Waals surface area (Å²) < 4.78 is 18.1. The van der Waals surface area contributed by atoms with Crippen LogP contribution in [0.3, 0.4) is 0 Å². The summed E-state index contributed by atoms with van der Waals surface area (Å²) in [6, 6.07) is 21.6. The van der Waals surface area contributed by atoms with E-state index in [4.69, 9.17) is 19.2 Å². The fourth-order valence-electron chi connectivity index (χ4n) is 8.26. The van der Waals surface area contributed by atoms with Crippen LogP contribution in [0, 0.1) is 12.8 Å². The maximum atomic E-state index is 14.0. The molecule has 4 aromatic carbocycles. The third-order valence-corrected chi connectivity index (χ3v) is 11.1. The number of aliphatic imine (C=N–C) groups is 1. The number of benzene rings is 4. The Bertz CT molecular complexity index is 2180. The van der Waals surface area contributed by atoms with E-state index in [2.05, 4.69) is 12.1 Å². The maximum absolute atomic E-state index is 14.0. The van der Waals surface area contributed by atoms with Gasteiger partial charge in [-0.25, -0.2) is 0 Å². The van der Waals surface area contributed by atoms with E-state index >= 15 is 0 Å². The fraction of sp³-hybridized carbons (Fsp3) is 0.356. The molecule has 0 aliphatic carbocycles. The summed E-state index contributed by atoms with van der Waals surface area (Å²) >= 11 is 0. The summed E-state index contributed by atoms with van der Waals surface area (Å²) in [5.74, 6) is 3.24. The van der Waals surface area contributed by atoms with Gasteiger partial charge in [0.25, 0.3) is 11.8 Å². The molecule has 0 saturated carbocycles. The SMILES string of the molecule is COc1cc2c(cc1OCCCOc1cc3c(cc1C)C(=O)N1c4ccc(CC(=O)CC[C-](C)C)cc4C[C@H]1C=N3)CC[C@@H]1Cc3ccccc3N1C2=O.[W]. The molecule has 55 heavy (non-hydrogen) atoms. The topological polar surface area (TPSA) is 97.7 Å². The minimum atomic E-state index is -0.193. The van der Waals surface area contributed by atoms with Gasteiger partial charge >= 0.3 is 0 Å². The fourth-order valence-corrected chi connectivity index (χ4v) is 8.26. The van der Waals surface area contributed by atoms with Crippen molar-refractivity contribution in [1.82, 2.24) is 0 Å². The van der Waals surface area contributed by atoms with E-state index in [1.807, 2.05) is 91.4 Å². The zero-order valence-electron chi connectivity index (χ0n) is 31.9. The number of rotatable bonds is 12. The molecule has 4 aromatic rings. The second-order valence-electron chi connectivity index (χ2n) is 15.2. The average molecular weight is 909 g/mol. The summed E-state index contributed by atoms with van der Waals surface area (Å²) in [4.78, 5) is 48.8. The van der Waals surface area contributed by atoms with E-state index in [0.29, 0.717) is 73.0 Å². The molecule has 8 rings (SSSR count). The smallest absolute Gasteiger partial charge is 0.261 e. The molecule has 0 spiro atoms. The first-order chi connectivity index (χ1) is 26.2. The molecule has 4 aliphatic heterocycles. The van der Waals surface area contributed by atoms with Gasteiger partial charge in [0, 0.05) is 75.6 Å². The van der Waals surface area contributed by atoms with Crippen molar-refractivity contribution in [2.75, 3.05) is 30.1 Å². The number of nitrogens with zero attached hydrogens (tertiary/aromatic N) is 3. The quantitative estimate of drug-likeness (QED) is 0.105. The third-order valence-electron chi connectivity index (χ3n) is 11.1. The van der Waals surface area contributed by atoms with E-state index in [1.54, 1.807) is 7.11 Å². The van der Waals surface area contributed by atoms with Crippen LogP contribution < -0.4 is 24.0 Å². The molecule has 0 saturated heterocycles. The van der Waals surface area contributed by atoms with Gasteiger partial charge in [-0.3, -0.25) is 24.3 Å². The number of ketones is 1. The summed E-state index contributed by atoms with van der Waals surface area (Å²) in [6.45, 7) is 6.84. The van der Waals surface area contributed by atoms with Crippen LogP contribution >= 0.6 is 0 Å². The molecule has 0 radical (unpaired) electrons. The normalized spacial score (nSPS) is 17.6. The van der Waals surface area contributed by atoms with Crippen LogP contribution in [-0.2, 0) is 51.5 Å². The number of fused-ring (bicyclic) bond motifs is 8. The van der Waals surface area contributed by atoms with Crippen LogP contribution in [0.2, 0.25) is 0 Å². The van der Waals surface area contributed by atoms with Gasteiger partial charge in [-0.15, -0.1) is 0 Å². The Morgan fingerprint density at radius 3 is 2.40 bits per heavy atom. The molecule has 4 aliphatic rings. The molecule has 0 fully saturated rings. The van der Waals surface area contributed by atoms with Gasteiger partial charge in [0.2, 0.25) is 0 Å². The number of anilines is 2. The van der Waals surface area contributed by atoms with E-state index in [0.717, 1.165) is 59.3 Å². The second-order valence-corrected chi connectivity index (χ2v) is 15.2. The molecular weight excluding hydrogens is 862 g/mol. The van der Waals surface area contributed by atoms with Crippen LogP contribution in [0.25, 0.3) is 0 Å². The molecule has 2 amide bonds. The van der Waals surface area contributed by atoms with Crippen LogP contribution in [0.4, 0.5) is 17.1 Å². The molecule has 0 N–H and O–H groups in total. The van der Waals surface area contributed by atoms with Gasteiger partial charge in [-0.05, 0) is 90.8 Å². The van der Waals surface area contributed by atoms with Crippen molar-refractivity contribution in [1.29, 1.82) is 0 Å². The predicted octanol–water partition coefficient (Wildman–Crippen LogP) is 8.16. The molecule has 9 nitrogen and oxygen atoms in total. The number of carbonyl (C=O) groups excluding carboxylic acids is 3.